The summed E-state index contributed by atoms with van der Waals surface area (Å²) in [6.45, 7) is 5.93. The van der Waals surface area contributed by atoms with Crippen molar-refractivity contribution in [1.82, 2.24) is 4.90 Å². The first-order chi connectivity index (χ1) is 8.93. The van der Waals surface area contributed by atoms with Crippen LogP contribution < -0.4 is 5.73 Å². The second kappa shape index (κ2) is 7.48. The number of nitrogens with zero attached hydrogens (tertiary/aromatic N) is 1. The Balaban J connectivity index is 2.40. The predicted octanol–water partition coefficient (Wildman–Crippen LogP) is 1.32. The SMILES string of the molecule is CC(C)CC(CN)CC(=O)N1CCC(C(=O)O)CC1. The lowest BCUT2D eigenvalue weighted by Gasteiger charge is -2.31. The van der Waals surface area contributed by atoms with Gasteiger partial charge in [-0.2, -0.15) is 0 Å². The summed E-state index contributed by atoms with van der Waals surface area (Å²) in [4.78, 5) is 24.8. The molecule has 0 bridgehead atoms. The van der Waals surface area contributed by atoms with E-state index in [9.17, 15) is 9.59 Å². The molecule has 1 saturated heterocycles. The van der Waals surface area contributed by atoms with E-state index in [0.717, 1.165) is 6.42 Å². The maximum Gasteiger partial charge on any atom is 0.306 e. The number of rotatable bonds is 6. The highest BCUT2D eigenvalue weighted by molar-refractivity contribution is 5.77. The van der Waals surface area contributed by atoms with E-state index in [-0.39, 0.29) is 17.7 Å². The largest absolute Gasteiger partial charge is 0.481 e. The minimum Gasteiger partial charge on any atom is -0.481 e. The summed E-state index contributed by atoms with van der Waals surface area (Å²) in [7, 11) is 0. The Hall–Kier alpha value is -1.10. The van der Waals surface area contributed by atoms with Gasteiger partial charge in [0.05, 0.1) is 5.92 Å². The van der Waals surface area contributed by atoms with Crippen LogP contribution in [0.3, 0.4) is 0 Å². The van der Waals surface area contributed by atoms with Gasteiger partial charge in [0.1, 0.15) is 0 Å². The standard InChI is InChI=1S/C14H26N2O3/c1-10(2)7-11(9-15)8-13(17)16-5-3-12(4-6-16)14(18)19/h10-12H,3-9,15H2,1-2H3,(H,18,19). The quantitative estimate of drug-likeness (QED) is 0.762. The van der Waals surface area contributed by atoms with Crippen LogP contribution in [0.5, 0.6) is 0 Å². The molecule has 0 aromatic rings. The molecule has 5 heteroatoms. The minimum absolute atomic E-state index is 0.125. The van der Waals surface area contributed by atoms with Gasteiger partial charge >= 0.3 is 5.97 Å². The fourth-order valence-corrected chi connectivity index (χ4v) is 2.68. The van der Waals surface area contributed by atoms with Gasteiger partial charge in [0.25, 0.3) is 0 Å². The number of amides is 1. The molecule has 0 radical (unpaired) electrons. The fraction of sp³-hybridized carbons (Fsp3) is 0.857. The number of piperidine rings is 1. The first-order valence-corrected chi connectivity index (χ1v) is 7.14. The van der Waals surface area contributed by atoms with Gasteiger partial charge in [-0.3, -0.25) is 9.59 Å². The lowest BCUT2D eigenvalue weighted by Crippen LogP contribution is -2.41. The summed E-state index contributed by atoms with van der Waals surface area (Å²) < 4.78 is 0. The molecule has 1 aliphatic heterocycles. The Morgan fingerprint density at radius 1 is 1.32 bits per heavy atom. The predicted molar refractivity (Wildman–Crippen MR) is 73.6 cm³/mol. The number of hydrogen-bond donors (Lipinski definition) is 2. The Labute approximate surface area is 115 Å². The molecule has 3 N–H and O–H groups in total. The van der Waals surface area contributed by atoms with Crippen LogP contribution in [0.2, 0.25) is 0 Å². The van der Waals surface area contributed by atoms with Crippen LogP contribution in [0.4, 0.5) is 0 Å². The van der Waals surface area contributed by atoms with Crippen molar-refractivity contribution < 1.29 is 14.7 Å². The molecule has 1 heterocycles. The maximum absolute atomic E-state index is 12.1. The van der Waals surface area contributed by atoms with Crippen LogP contribution >= 0.6 is 0 Å². The molecule has 0 aliphatic carbocycles. The second-order valence-electron chi connectivity index (χ2n) is 5.93. The average molecular weight is 270 g/mol. The van der Waals surface area contributed by atoms with Gasteiger partial charge in [-0.1, -0.05) is 13.8 Å². The first-order valence-electron chi connectivity index (χ1n) is 7.14. The molecule has 1 aliphatic rings. The molecule has 0 saturated carbocycles. The molecule has 0 aromatic carbocycles. The van der Waals surface area contributed by atoms with Crippen molar-refractivity contribution in [1.29, 1.82) is 0 Å². The number of carboxylic acid groups (broad SMARTS) is 1. The molecule has 19 heavy (non-hydrogen) atoms. The number of aliphatic carboxylic acids is 1. The lowest BCUT2D eigenvalue weighted by atomic mass is 9.92. The van der Waals surface area contributed by atoms with E-state index in [1.54, 1.807) is 4.90 Å². The molecule has 0 spiro atoms. The van der Waals surface area contributed by atoms with E-state index in [4.69, 9.17) is 10.8 Å². The van der Waals surface area contributed by atoms with E-state index in [0.29, 0.717) is 44.8 Å². The Kier molecular flexibility index (Phi) is 6.28. The zero-order chi connectivity index (χ0) is 14.4. The van der Waals surface area contributed by atoms with Crippen LogP contribution in [-0.4, -0.2) is 41.5 Å². The molecule has 0 aromatic heterocycles. The van der Waals surface area contributed by atoms with Crippen molar-refractivity contribution in [2.45, 2.75) is 39.5 Å². The van der Waals surface area contributed by atoms with E-state index >= 15 is 0 Å². The van der Waals surface area contributed by atoms with Crippen LogP contribution in [-0.2, 0) is 9.59 Å². The highest BCUT2D eigenvalue weighted by Gasteiger charge is 2.27. The van der Waals surface area contributed by atoms with E-state index in [2.05, 4.69) is 13.8 Å². The van der Waals surface area contributed by atoms with Crippen molar-refractivity contribution in [3.63, 3.8) is 0 Å². The topological polar surface area (TPSA) is 83.6 Å². The molecule has 1 atom stereocenters. The molecule has 1 unspecified atom stereocenters. The van der Waals surface area contributed by atoms with Crippen molar-refractivity contribution in [3.8, 4) is 0 Å². The third kappa shape index (κ3) is 5.19. The van der Waals surface area contributed by atoms with Crippen LogP contribution in [0.15, 0.2) is 0 Å². The zero-order valence-electron chi connectivity index (χ0n) is 12.0. The van der Waals surface area contributed by atoms with Crippen LogP contribution in [0, 0.1) is 17.8 Å². The summed E-state index contributed by atoms with van der Waals surface area (Å²) in [6.07, 6.45) is 2.59. The van der Waals surface area contributed by atoms with E-state index < -0.39 is 5.97 Å². The van der Waals surface area contributed by atoms with Gasteiger partial charge in [0, 0.05) is 19.5 Å². The Morgan fingerprint density at radius 3 is 2.32 bits per heavy atom. The number of carbonyl (C=O) groups excluding carboxylic acids is 1. The van der Waals surface area contributed by atoms with Gasteiger partial charge in [-0.05, 0) is 37.6 Å². The average Bonchev–Trinajstić information content (AvgIpc) is 2.37. The van der Waals surface area contributed by atoms with Crippen molar-refractivity contribution >= 4 is 11.9 Å². The smallest absolute Gasteiger partial charge is 0.306 e. The fourth-order valence-electron chi connectivity index (χ4n) is 2.68. The molecule has 1 fully saturated rings. The summed E-state index contributed by atoms with van der Waals surface area (Å²) in [5.41, 5.74) is 5.71. The highest BCUT2D eigenvalue weighted by atomic mass is 16.4. The van der Waals surface area contributed by atoms with Gasteiger partial charge in [-0.15, -0.1) is 0 Å². The first kappa shape index (κ1) is 16.0. The molecular formula is C14H26N2O3. The van der Waals surface area contributed by atoms with E-state index in [1.165, 1.54) is 0 Å². The second-order valence-corrected chi connectivity index (χ2v) is 5.93. The number of likely N-dealkylation sites (tertiary alicyclic amines) is 1. The van der Waals surface area contributed by atoms with Crippen molar-refractivity contribution in [3.05, 3.63) is 0 Å². The molecule has 1 amide bonds. The highest BCUT2D eigenvalue weighted by Crippen LogP contribution is 2.20. The van der Waals surface area contributed by atoms with Crippen LogP contribution in [0.25, 0.3) is 0 Å². The molecular weight excluding hydrogens is 244 g/mol. The van der Waals surface area contributed by atoms with Gasteiger partial charge in [-0.25, -0.2) is 0 Å². The monoisotopic (exact) mass is 270 g/mol. The van der Waals surface area contributed by atoms with Crippen molar-refractivity contribution in [2.24, 2.45) is 23.5 Å². The van der Waals surface area contributed by atoms with E-state index in [1.807, 2.05) is 0 Å². The van der Waals surface area contributed by atoms with Crippen molar-refractivity contribution in [2.75, 3.05) is 19.6 Å². The van der Waals surface area contributed by atoms with Gasteiger partial charge < -0.3 is 15.7 Å². The summed E-state index contributed by atoms with van der Waals surface area (Å²) in [6, 6.07) is 0. The summed E-state index contributed by atoms with van der Waals surface area (Å²) in [5, 5.41) is 8.93. The summed E-state index contributed by atoms with van der Waals surface area (Å²) in [5.74, 6) is -0.125. The van der Waals surface area contributed by atoms with Gasteiger partial charge in [0.2, 0.25) is 5.91 Å². The number of hydrogen-bond acceptors (Lipinski definition) is 3. The molecule has 110 valence electrons. The Bertz CT molecular complexity index is 310. The third-order valence-electron chi connectivity index (χ3n) is 3.80. The van der Waals surface area contributed by atoms with Crippen LogP contribution in [0.1, 0.15) is 39.5 Å². The third-order valence-corrected chi connectivity index (χ3v) is 3.80. The molecule has 1 rings (SSSR count). The normalized spacial score (nSPS) is 18.6. The Morgan fingerprint density at radius 2 is 1.89 bits per heavy atom. The molecule has 5 nitrogen and oxygen atoms in total. The number of nitrogens with two attached hydrogens (primary N) is 1. The number of carbonyl (C=O) groups is 2. The zero-order valence-corrected chi connectivity index (χ0v) is 12.0. The van der Waals surface area contributed by atoms with Gasteiger partial charge in [0.15, 0.2) is 0 Å². The number of carboxylic acids is 1. The minimum atomic E-state index is -0.744. The maximum atomic E-state index is 12.1. The summed E-state index contributed by atoms with van der Waals surface area (Å²) >= 11 is 0. The lowest BCUT2D eigenvalue weighted by molar-refractivity contribution is -0.145.